The van der Waals surface area contributed by atoms with Gasteiger partial charge in [-0.1, -0.05) is 6.92 Å². The molecule has 0 radical (unpaired) electrons. The van der Waals surface area contributed by atoms with Gasteiger partial charge in [0.2, 0.25) is 0 Å². The Morgan fingerprint density at radius 1 is 1.21 bits per heavy atom. The lowest BCUT2D eigenvalue weighted by Crippen LogP contribution is -2.34. The lowest BCUT2D eigenvalue weighted by molar-refractivity contribution is 0.0213. The second-order valence-corrected chi connectivity index (χ2v) is 3.60. The molecule has 0 saturated heterocycles. The first-order valence-electron chi connectivity index (χ1n) is 5.41. The topological polar surface area (TPSA) is 55.7 Å². The molecule has 0 aliphatic rings. The van der Waals surface area contributed by atoms with Crippen molar-refractivity contribution in [1.29, 1.82) is 0 Å². The van der Waals surface area contributed by atoms with Crippen LogP contribution in [0.3, 0.4) is 0 Å². The Kier molecular flexibility index (Phi) is 8.08. The van der Waals surface area contributed by atoms with E-state index in [9.17, 15) is 5.11 Å². The van der Waals surface area contributed by atoms with Gasteiger partial charge >= 0.3 is 0 Å². The first-order chi connectivity index (χ1) is 6.57. The van der Waals surface area contributed by atoms with Gasteiger partial charge in [-0.15, -0.1) is 0 Å². The first-order valence-corrected chi connectivity index (χ1v) is 5.41. The molecule has 0 heterocycles. The molecule has 0 fully saturated rings. The zero-order valence-electron chi connectivity index (χ0n) is 9.53. The summed E-state index contributed by atoms with van der Waals surface area (Å²) in [6.45, 7) is 8.17. The molecule has 2 atom stereocenters. The van der Waals surface area contributed by atoms with Crippen LogP contribution < -0.4 is 5.32 Å². The number of nitrogens with zero attached hydrogens (tertiary/aromatic N) is 1. The van der Waals surface area contributed by atoms with Crippen LogP contribution in [0.15, 0.2) is 0 Å². The number of unbranched alkanes of at least 4 members (excludes halogenated alkanes) is 1. The summed E-state index contributed by atoms with van der Waals surface area (Å²) in [4.78, 5) is 2.02. The molecule has 0 aromatic rings. The predicted molar refractivity (Wildman–Crippen MR) is 57.8 cm³/mol. The van der Waals surface area contributed by atoms with Crippen molar-refractivity contribution in [1.82, 2.24) is 10.2 Å². The van der Waals surface area contributed by atoms with Crippen LogP contribution >= 0.6 is 0 Å². The van der Waals surface area contributed by atoms with E-state index in [1.165, 1.54) is 0 Å². The molecule has 0 aliphatic carbocycles. The SMILES string of the molecule is CCN(CCCCNC(C)O)C(C)O. The van der Waals surface area contributed by atoms with Gasteiger partial charge in [-0.2, -0.15) is 0 Å². The fourth-order valence-corrected chi connectivity index (χ4v) is 1.36. The molecule has 0 bridgehead atoms. The molecule has 0 aliphatic heterocycles. The molecule has 2 unspecified atom stereocenters. The first kappa shape index (κ1) is 13.8. The van der Waals surface area contributed by atoms with E-state index in [-0.39, 0.29) is 6.23 Å². The summed E-state index contributed by atoms with van der Waals surface area (Å²) in [5, 5.41) is 21.2. The Morgan fingerprint density at radius 2 is 1.86 bits per heavy atom. The molecule has 0 aromatic heterocycles. The fourth-order valence-electron chi connectivity index (χ4n) is 1.36. The van der Waals surface area contributed by atoms with Crippen LogP contribution in [0.1, 0.15) is 33.6 Å². The van der Waals surface area contributed by atoms with Crippen molar-refractivity contribution in [3.05, 3.63) is 0 Å². The highest BCUT2D eigenvalue weighted by Gasteiger charge is 2.06. The van der Waals surface area contributed by atoms with E-state index in [1.54, 1.807) is 13.8 Å². The van der Waals surface area contributed by atoms with E-state index in [0.29, 0.717) is 0 Å². The smallest absolute Gasteiger partial charge is 0.104 e. The molecule has 4 nitrogen and oxygen atoms in total. The highest BCUT2D eigenvalue weighted by Crippen LogP contribution is 1.98. The maximum absolute atomic E-state index is 9.33. The van der Waals surface area contributed by atoms with Gasteiger partial charge < -0.3 is 10.2 Å². The average molecular weight is 204 g/mol. The molecular weight excluding hydrogens is 180 g/mol. The highest BCUT2D eigenvalue weighted by molar-refractivity contribution is 4.57. The molecule has 3 N–H and O–H groups in total. The minimum Gasteiger partial charge on any atom is -0.379 e. The van der Waals surface area contributed by atoms with Crippen LogP contribution in [0.5, 0.6) is 0 Å². The van der Waals surface area contributed by atoms with Gasteiger partial charge in [0, 0.05) is 6.54 Å². The van der Waals surface area contributed by atoms with Gasteiger partial charge in [-0.25, -0.2) is 0 Å². The van der Waals surface area contributed by atoms with Crippen LogP contribution in [0.4, 0.5) is 0 Å². The molecule has 0 saturated carbocycles. The second kappa shape index (κ2) is 8.17. The fraction of sp³-hybridized carbons (Fsp3) is 1.00. The summed E-state index contributed by atoms with van der Waals surface area (Å²) in [6, 6.07) is 0. The average Bonchev–Trinajstić information content (AvgIpc) is 2.10. The third-order valence-electron chi connectivity index (χ3n) is 2.25. The number of hydrogen-bond donors (Lipinski definition) is 3. The molecular formula is C10H24N2O2. The van der Waals surface area contributed by atoms with Gasteiger partial charge in [-0.3, -0.25) is 10.2 Å². The maximum atomic E-state index is 9.33. The minimum absolute atomic E-state index is 0.357. The van der Waals surface area contributed by atoms with E-state index >= 15 is 0 Å². The molecule has 0 amide bonds. The summed E-state index contributed by atoms with van der Waals surface area (Å²) in [5.74, 6) is 0. The van der Waals surface area contributed by atoms with Crippen molar-refractivity contribution < 1.29 is 10.2 Å². The predicted octanol–water partition coefficient (Wildman–Crippen LogP) is 0.355. The quantitative estimate of drug-likeness (QED) is 0.394. The zero-order valence-corrected chi connectivity index (χ0v) is 9.53. The third-order valence-corrected chi connectivity index (χ3v) is 2.25. The van der Waals surface area contributed by atoms with Crippen molar-refractivity contribution in [3.8, 4) is 0 Å². The molecule has 0 rings (SSSR count). The number of hydrogen-bond acceptors (Lipinski definition) is 4. The Bertz CT molecular complexity index is 129. The summed E-state index contributed by atoms with van der Waals surface area (Å²) >= 11 is 0. The molecule has 0 aromatic carbocycles. The molecule has 14 heavy (non-hydrogen) atoms. The van der Waals surface area contributed by atoms with Crippen LogP contribution in [0.25, 0.3) is 0 Å². The van der Waals surface area contributed by atoms with Gasteiger partial charge in [0.1, 0.15) is 12.5 Å². The van der Waals surface area contributed by atoms with Crippen LogP contribution in [0.2, 0.25) is 0 Å². The molecule has 4 heteroatoms. The van der Waals surface area contributed by atoms with Gasteiger partial charge in [0.15, 0.2) is 0 Å². The van der Waals surface area contributed by atoms with Crippen molar-refractivity contribution in [2.45, 2.75) is 46.1 Å². The summed E-state index contributed by atoms with van der Waals surface area (Å²) in [6.07, 6.45) is 1.28. The number of aliphatic hydroxyl groups excluding tert-OH is 2. The largest absolute Gasteiger partial charge is 0.379 e. The van der Waals surface area contributed by atoms with Gasteiger partial charge in [0.05, 0.1) is 0 Å². The van der Waals surface area contributed by atoms with Crippen molar-refractivity contribution in [3.63, 3.8) is 0 Å². The van der Waals surface area contributed by atoms with E-state index in [1.807, 2.05) is 11.8 Å². The Labute approximate surface area is 86.9 Å². The van der Waals surface area contributed by atoms with E-state index < -0.39 is 6.23 Å². The van der Waals surface area contributed by atoms with Crippen LogP contribution in [-0.2, 0) is 0 Å². The van der Waals surface area contributed by atoms with Gasteiger partial charge in [0.25, 0.3) is 0 Å². The second-order valence-electron chi connectivity index (χ2n) is 3.60. The minimum atomic E-state index is -0.422. The molecule has 86 valence electrons. The summed E-state index contributed by atoms with van der Waals surface area (Å²) < 4.78 is 0. The summed E-state index contributed by atoms with van der Waals surface area (Å²) in [7, 11) is 0. The van der Waals surface area contributed by atoms with Crippen molar-refractivity contribution >= 4 is 0 Å². The monoisotopic (exact) mass is 204 g/mol. The lowest BCUT2D eigenvalue weighted by atomic mass is 10.3. The summed E-state index contributed by atoms with van der Waals surface area (Å²) in [5.41, 5.74) is 0. The Hall–Kier alpha value is -0.160. The Morgan fingerprint density at radius 3 is 2.29 bits per heavy atom. The van der Waals surface area contributed by atoms with Crippen molar-refractivity contribution in [2.75, 3.05) is 19.6 Å². The van der Waals surface area contributed by atoms with Crippen LogP contribution in [0, 0.1) is 0 Å². The van der Waals surface area contributed by atoms with Gasteiger partial charge in [-0.05, 0) is 39.8 Å². The third kappa shape index (κ3) is 7.26. The normalized spacial score (nSPS) is 15.9. The van der Waals surface area contributed by atoms with E-state index in [4.69, 9.17) is 5.11 Å². The number of rotatable bonds is 8. The number of aliphatic hydroxyl groups is 2. The lowest BCUT2D eigenvalue weighted by Gasteiger charge is -2.23. The zero-order chi connectivity index (χ0) is 11.0. The van der Waals surface area contributed by atoms with Crippen molar-refractivity contribution in [2.24, 2.45) is 0 Å². The maximum Gasteiger partial charge on any atom is 0.104 e. The highest BCUT2D eigenvalue weighted by atomic mass is 16.3. The van der Waals surface area contributed by atoms with Crippen LogP contribution in [-0.4, -0.2) is 47.2 Å². The van der Waals surface area contributed by atoms with E-state index in [2.05, 4.69) is 5.32 Å². The number of nitrogens with one attached hydrogen (secondary N) is 1. The molecule has 0 spiro atoms. The standard InChI is InChI=1S/C10H24N2O2/c1-4-12(10(3)14)8-6-5-7-11-9(2)13/h9-11,13-14H,4-8H2,1-3H3. The van der Waals surface area contributed by atoms with E-state index in [0.717, 1.165) is 32.5 Å². The Balaban J connectivity index is 3.33.